The molecule has 0 atom stereocenters. The van der Waals surface area contributed by atoms with E-state index < -0.39 is 14.8 Å². The number of carbonyl (C=O) groups is 1. The molecule has 0 aromatic rings. The summed E-state index contributed by atoms with van der Waals surface area (Å²) < 4.78 is 20.1. The first-order valence-corrected chi connectivity index (χ1v) is 8.09. The van der Waals surface area contributed by atoms with Gasteiger partial charge in [0, 0.05) is 19.8 Å². The quantitative estimate of drug-likeness (QED) is 0.363. The second kappa shape index (κ2) is 20.9. The van der Waals surface area contributed by atoms with E-state index in [0.29, 0.717) is 26.4 Å². The van der Waals surface area contributed by atoms with Crippen LogP contribution in [0.5, 0.6) is 0 Å². The van der Waals surface area contributed by atoms with E-state index in [1.54, 1.807) is 0 Å². The number of thiol groups is 1. The topological polar surface area (TPSA) is 106 Å². The monoisotopic (exact) mass is 345 g/mol. The van der Waals surface area contributed by atoms with Crippen LogP contribution >= 0.6 is 24.8 Å². The first kappa shape index (κ1) is 24.6. The molecule has 20 heavy (non-hydrogen) atoms. The second-order valence-corrected chi connectivity index (χ2v) is 4.85. The fourth-order valence-corrected chi connectivity index (χ4v) is 1.70. The maximum Gasteiger partial charge on any atom is 0.577 e. The Hall–Kier alpha value is -0.393. The molecule has 7 nitrogen and oxygen atoms in total. The van der Waals surface area contributed by atoms with E-state index in [1.165, 1.54) is 0 Å². The average Bonchev–Trinajstić information content (AvgIpc) is 2.30. The lowest BCUT2D eigenvalue weighted by molar-refractivity contribution is 0.107. The van der Waals surface area contributed by atoms with Crippen molar-refractivity contribution in [3.8, 4) is 0 Å². The summed E-state index contributed by atoms with van der Waals surface area (Å²) in [5.41, 5.74) is 9.25. The van der Waals surface area contributed by atoms with Crippen LogP contribution < -0.4 is 11.5 Å². The third kappa shape index (κ3) is 36.0. The molecule has 0 spiro atoms. The second-order valence-electron chi connectivity index (χ2n) is 2.64. The first-order valence-electron chi connectivity index (χ1n) is 6.01. The molecule has 10 heteroatoms. The lowest BCUT2D eigenvalue weighted by Crippen LogP contribution is -2.27. The Morgan fingerprint density at radius 1 is 1.00 bits per heavy atom. The van der Waals surface area contributed by atoms with Gasteiger partial charge in [-0.3, -0.25) is 4.79 Å². The standard InChI is InChI=1S/C6H15O3Si.C3H7NOS.CH3NOS/c1-4-7-10(8-5-2)9-6-3;1-2-5-3(4)6;2-1(3)4/h4-6H2,1-3H3;2H2,1H3,(H2,4,6);(H3,2,3,4). The van der Waals surface area contributed by atoms with Crippen LogP contribution in [0.25, 0.3) is 0 Å². The zero-order chi connectivity index (χ0) is 16.4. The Kier molecular flexibility index (Phi) is 25.7. The van der Waals surface area contributed by atoms with Crippen molar-refractivity contribution in [2.75, 3.05) is 26.4 Å². The van der Waals surface area contributed by atoms with E-state index in [4.69, 9.17) is 23.8 Å². The molecule has 0 aliphatic carbocycles. The molecule has 1 amide bonds. The van der Waals surface area contributed by atoms with Crippen LogP contribution in [0.15, 0.2) is 0 Å². The number of ether oxygens (including phenoxy) is 1. The van der Waals surface area contributed by atoms with Gasteiger partial charge in [-0.2, -0.15) is 0 Å². The maximum atomic E-state index is 9.09. The van der Waals surface area contributed by atoms with Gasteiger partial charge in [-0.25, -0.2) is 0 Å². The third-order valence-electron chi connectivity index (χ3n) is 1.07. The van der Waals surface area contributed by atoms with Crippen LogP contribution in [0, 0.1) is 0 Å². The average molecular weight is 346 g/mol. The summed E-state index contributed by atoms with van der Waals surface area (Å²) in [6.07, 6.45) is 0. The van der Waals surface area contributed by atoms with Crippen LogP contribution in [0.2, 0.25) is 0 Å². The predicted octanol–water partition coefficient (Wildman–Crippen LogP) is 1.34. The smallest absolute Gasteiger partial charge is 0.472 e. The SMILES string of the molecule is CCOC(N)=S.CCO[Si](OCC)OCC.NC(=O)S. The normalized spacial score (nSPS) is 8.90. The fraction of sp³-hybridized carbons (Fsp3) is 0.800. The minimum atomic E-state index is -1.40. The van der Waals surface area contributed by atoms with Crippen molar-refractivity contribution in [3.63, 3.8) is 0 Å². The van der Waals surface area contributed by atoms with Gasteiger partial charge in [0.15, 0.2) is 0 Å². The first-order chi connectivity index (χ1) is 9.35. The minimum absolute atomic E-state index is 0.123. The molecular weight excluding hydrogens is 320 g/mol. The molecular formula is C10H25N2O5S2Si. The van der Waals surface area contributed by atoms with Gasteiger partial charge < -0.3 is 29.5 Å². The third-order valence-corrected chi connectivity index (χ3v) is 2.76. The fourth-order valence-electron chi connectivity index (χ4n) is 0.621. The van der Waals surface area contributed by atoms with Crippen LogP contribution in [0.1, 0.15) is 27.7 Å². The number of nitrogens with two attached hydrogens (primary N) is 2. The molecule has 0 aliphatic rings. The van der Waals surface area contributed by atoms with E-state index in [1.807, 2.05) is 27.7 Å². The summed E-state index contributed by atoms with van der Waals surface area (Å²) in [5.74, 6) is 0. The van der Waals surface area contributed by atoms with Crippen molar-refractivity contribution in [1.29, 1.82) is 0 Å². The Labute approximate surface area is 133 Å². The van der Waals surface area contributed by atoms with Crippen molar-refractivity contribution in [3.05, 3.63) is 0 Å². The Bertz CT molecular complexity index is 219. The van der Waals surface area contributed by atoms with Gasteiger partial charge in [-0.15, -0.1) is 0 Å². The van der Waals surface area contributed by atoms with Crippen LogP contribution in [0.3, 0.4) is 0 Å². The van der Waals surface area contributed by atoms with Crippen LogP contribution in [0.4, 0.5) is 4.79 Å². The summed E-state index contributed by atoms with van der Waals surface area (Å²) in [7, 11) is -1.40. The zero-order valence-corrected chi connectivity index (χ0v) is 15.1. The number of carbonyl (C=O) groups excluding carboxylic acids is 1. The molecule has 0 aromatic heterocycles. The molecule has 0 unspecified atom stereocenters. The summed E-state index contributed by atoms with van der Waals surface area (Å²) in [5, 5.41) is -0.516. The molecule has 1 radical (unpaired) electrons. The van der Waals surface area contributed by atoms with E-state index in [0.717, 1.165) is 0 Å². The molecule has 0 aromatic carbocycles. The number of amides is 1. The van der Waals surface area contributed by atoms with Gasteiger partial charge in [0.25, 0.3) is 10.4 Å². The highest BCUT2D eigenvalue weighted by atomic mass is 32.1. The number of primary amides is 1. The van der Waals surface area contributed by atoms with Gasteiger partial charge in [0.2, 0.25) is 0 Å². The molecule has 0 fully saturated rings. The van der Waals surface area contributed by atoms with Gasteiger partial charge in [-0.05, 0) is 39.9 Å². The van der Waals surface area contributed by atoms with E-state index >= 15 is 0 Å². The van der Waals surface area contributed by atoms with Gasteiger partial charge in [-0.1, -0.05) is 12.6 Å². The van der Waals surface area contributed by atoms with E-state index in [2.05, 4.69) is 35.3 Å². The van der Waals surface area contributed by atoms with Gasteiger partial charge >= 0.3 is 9.53 Å². The van der Waals surface area contributed by atoms with E-state index in [-0.39, 0.29) is 5.17 Å². The molecule has 4 N–H and O–H groups in total. The minimum Gasteiger partial charge on any atom is -0.472 e. The van der Waals surface area contributed by atoms with Crippen molar-refractivity contribution < 1.29 is 22.8 Å². The summed E-state index contributed by atoms with van der Waals surface area (Å²) in [6.45, 7) is 10.2. The predicted molar refractivity (Wildman–Crippen MR) is 87.6 cm³/mol. The Balaban J connectivity index is -0.000000246. The largest absolute Gasteiger partial charge is 0.577 e. The number of rotatable bonds is 7. The molecule has 0 saturated carbocycles. The molecule has 0 aliphatic heterocycles. The highest BCUT2D eigenvalue weighted by Crippen LogP contribution is 1.91. The lowest BCUT2D eigenvalue weighted by atomic mass is 10.9. The Morgan fingerprint density at radius 3 is 1.40 bits per heavy atom. The van der Waals surface area contributed by atoms with Crippen molar-refractivity contribution in [2.45, 2.75) is 27.7 Å². The number of thiocarbonyl (C=S) groups is 1. The molecule has 0 rings (SSSR count). The highest BCUT2D eigenvalue weighted by molar-refractivity contribution is 7.96. The number of hydrogen-bond donors (Lipinski definition) is 3. The highest BCUT2D eigenvalue weighted by Gasteiger charge is 2.15. The zero-order valence-electron chi connectivity index (χ0n) is 12.4. The maximum absolute atomic E-state index is 9.09. The summed E-state index contributed by atoms with van der Waals surface area (Å²) in [6, 6.07) is 0. The van der Waals surface area contributed by atoms with Crippen molar-refractivity contribution in [2.24, 2.45) is 11.5 Å². The molecule has 0 saturated heterocycles. The van der Waals surface area contributed by atoms with Crippen molar-refractivity contribution >= 4 is 44.8 Å². The molecule has 0 heterocycles. The Morgan fingerprint density at radius 2 is 1.30 bits per heavy atom. The summed E-state index contributed by atoms with van der Waals surface area (Å²) >= 11 is 7.46. The lowest BCUT2D eigenvalue weighted by Gasteiger charge is -2.10. The van der Waals surface area contributed by atoms with Crippen molar-refractivity contribution in [1.82, 2.24) is 0 Å². The molecule has 0 bridgehead atoms. The van der Waals surface area contributed by atoms with Crippen LogP contribution in [-0.4, -0.2) is 46.4 Å². The van der Waals surface area contributed by atoms with Crippen LogP contribution in [-0.2, 0) is 18.0 Å². The van der Waals surface area contributed by atoms with Gasteiger partial charge in [0.1, 0.15) is 0 Å². The van der Waals surface area contributed by atoms with Gasteiger partial charge in [0.05, 0.1) is 6.61 Å². The number of hydrogen-bond acceptors (Lipinski definition) is 6. The van der Waals surface area contributed by atoms with E-state index in [9.17, 15) is 0 Å². The molecule has 121 valence electrons. The summed E-state index contributed by atoms with van der Waals surface area (Å²) in [4.78, 5) is 9.09.